The average molecular weight is 346 g/mol. The van der Waals surface area contributed by atoms with Crippen molar-refractivity contribution in [1.82, 2.24) is 25.2 Å². The van der Waals surface area contributed by atoms with Crippen molar-refractivity contribution >= 4 is 10.0 Å². The lowest BCUT2D eigenvalue weighted by molar-refractivity contribution is 0.403. The molecule has 0 unspecified atom stereocenters. The second-order valence-corrected chi connectivity index (χ2v) is 6.44. The fourth-order valence-corrected chi connectivity index (χ4v) is 2.80. The van der Waals surface area contributed by atoms with Crippen LogP contribution in [0.25, 0.3) is 11.4 Å². The van der Waals surface area contributed by atoms with E-state index in [1.54, 1.807) is 18.5 Å². The van der Waals surface area contributed by atoms with Gasteiger partial charge in [-0.3, -0.25) is 4.98 Å². The van der Waals surface area contributed by atoms with Crippen LogP contribution >= 0.6 is 0 Å². The Labute approximate surface area is 138 Å². The van der Waals surface area contributed by atoms with Crippen LogP contribution in [0, 0.1) is 0 Å². The summed E-state index contributed by atoms with van der Waals surface area (Å²) in [5.74, 6) is 0.476. The highest BCUT2D eigenvalue weighted by molar-refractivity contribution is 7.89. The van der Waals surface area contributed by atoms with Crippen LogP contribution in [0.1, 0.15) is 5.56 Å². The summed E-state index contributed by atoms with van der Waals surface area (Å²) in [6.45, 7) is 0.446. The zero-order valence-electron chi connectivity index (χ0n) is 12.7. The van der Waals surface area contributed by atoms with Gasteiger partial charge in [-0.05, 0) is 41.1 Å². The van der Waals surface area contributed by atoms with Crippen LogP contribution < -0.4 is 9.88 Å². The highest BCUT2D eigenvalue weighted by Crippen LogP contribution is 2.27. The number of rotatable bonds is 5. The summed E-state index contributed by atoms with van der Waals surface area (Å²) in [5, 5.41) is 17.4. The van der Waals surface area contributed by atoms with E-state index in [-0.39, 0.29) is 10.6 Å². The molecule has 0 amide bonds. The molecule has 0 spiro atoms. The predicted molar refractivity (Wildman–Crippen MR) is 84.5 cm³/mol. The van der Waals surface area contributed by atoms with Crippen LogP contribution in [0.3, 0.4) is 0 Å². The molecule has 2 N–H and O–H groups in total. The van der Waals surface area contributed by atoms with Crippen LogP contribution in [0.5, 0.6) is 5.75 Å². The molecule has 10 heteroatoms. The summed E-state index contributed by atoms with van der Waals surface area (Å²) in [7, 11) is -2.51. The SMILES string of the molecule is COc1cc(-c2nnn(Cc3ccncc3)n2)ccc1S(N)(=O)=O. The van der Waals surface area contributed by atoms with E-state index in [4.69, 9.17) is 9.88 Å². The van der Waals surface area contributed by atoms with Crippen LogP contribution in [-0.4, -0.2) is 40.7 Å². The number of ether oxygens (including phenoxy) is 1. The van der Waals surface area contributed by atoms with Gasteiger partial charge in [0.2, 0.25) is 15.8 Å². The van der Waals surface area contributed by atoms with Crippen molar-refractivity contribution in [3.8, 4) is 17.1 Å². The minimum absolute atomic E-state index is 0.0991. The Morgan fingerprint density at radius 3 is 2.62 bits per heavy atom. The lowest BCUT2D eigenvalue weighted by Crippen LogP contribution is -2.13. The normalized spacial score (nSPS) is 11.4. The van der Waals surface area contributed by atoms with E-state index in [1.807, 2.05) is 12.1 Å². The van der Waals surface area contributed by atoms with Crippen molar-refractivity contribution in [2.75, 3.05) is 7.11 Å². The smallest absolute Gasteiger partial charge is 0.241 e. The lowest BCUT2D eigenvalue weighted by atomic mass is 10.2. The van der Waals surface area contributed by atoms with Crippen LogP contribution in [0.15, 0.2) is 47.6 Å². The van der Waals surface area contributed by atoms with Gasteiger partial charge in [0.25, 0.3) is 0 Å². The van der Waals surface area contributed by atoms with Gasteiger partial charge in [-0.25, -0.2) is 13.6 Å². The number of primary sulfonamides is 1. The topological polar surface area (TPSA) is 126 Å². The molecule has 0 saturated carbocycles. The van der Waals surface area contributed by atoms with E-state index in [0.717, 1.165) is 5.56 Å². The van der Waals surface area contributed by atoms with E-state index in [9.17, 15) is 8.42 Å². The standard InChI is InChI=1S/C14H14N6O3S/c1-23-12-8-11(2-3-13(12)24(15,21)22)14-17-19-20(18-14)9-10-4-6-16-7-5-10/h2-8H,9H2,1H3,(H2,15,21,22). The van der Waals surface area contributed by atoms with E-state index < -0.39 is 10.0 Å². The molecule has 24 heavy (non-hydrogen) atoms. The van der Waals surface area contributed by atoms with Gasteiger partial charge in [0.05, 0.1) is 13.7 Å². The number of aromatic nitrogens is 5. The molecule has 0 fully saturated rings. The number of hydrogen-bond donors (Lipinski definition) is 1. The molecule has 0 radical (unpaired) electrons. The van der Waals surface area contributed by atoms with E-state index >= 15 is 0 Å². The molecule has 2 heterocycles. The molecule has 3 rings (SSSR count). The Kier molecular flexibility index (Phi) is 4.23. The molecule has 0 atom stereocenters. The second-order valence-electron chi connectivity index (χ2n) is 4.91. The maximum atomic E-state index is 11.5. The van der Waals surface area contributed by atoms with Gasteiger partial charge in [-0.2, -0.15) is 4.80 Å². The Morgan fingerprint density at radius 1 is 1.21 bits per heavy atom. The molecule has 0 aliphatic heterocycles. The number of hydrogen-bond acceptors (Lipinski definition) is 7. The number of nitrogens with two attached hydrogens (primary N) is 1. The largest absolute Gasteiger partial charge is 0.495 e. The molecule has 3 aromatic rings. The molecular formula is C14H14N6O3S. The Morgan fingerprint density at radius 2 is 1.96 bits per heavy atom. The fourth-order valence-electron chi connectivity index (χ4n) is 2.12. The molecule has 0 aliphatic rings. The Hall–Kier alpha value is -2.85. The molecule has 124 valence electrons. The van der Waals surface area contributed by atoms with Crippen LogP contribution in [0.2, 0.25) is 0 Å². The molecule has 1 aromatic carbocycles. The number of nitrogens with zero attached hydrogens (tertiary/aromatic N) is 5. The number of tetrazole rings is 1. The van der Waals surface area contributed by atoms with Gasteiger partial charge >= 0.3 is 0 Å². The number of sulfonamides is 1. The molecule has 0 bridgehead atoms. The van der Waals surface area contributed by atoms with Crippen molar-refractivity contribution in [2.45, 2.75) is 11.4 Å². The van der Waals surface area contributed by atoms with Gasteiger partial charge in [-0.15, -0.1) is 10.2 Å². The minimum Gasteiger partial charge on any atom is -0.495 e. The average Bonchev–Trinajstić information content (AvgIpc) is 3.03. The first-order chi connectivity index (χ1) is 11.5. The molecular weight excluding hydrogens is 332 g/mol. The van der Waals surface area contributed by atoms with Gasteiger partial charge in [0.15, 0.2) is 0 Å². The van der Waals surface area contributed by atoms with E-state index in [2.05, 4.69) is 20.4 Å². The Balaban J connectivity index is 1.90. The third-order valence-corrected chi connectivity index (χ3v) is 4.20. The van der Waals surface area contributed by atoms with E-state index in [1.165, 1.54) is 24.0 Å². The minimum atomic E-state index is -3.87. The zero-order chi connectivity index (χ0) is 17.2. The van der Waals surface area contributed by atoms with Crippen molar-refractivity contribution in [2.24, 2.45) is 5.14 Å². The number of methoxy groups -OCH3 is 1. The van der Waals surface area contributed by atoms with Gasteiger partial charge < -0.3 is 4.74 Å². The maximum absolute atomic E-state index is 11.5. The van der Waals surface area contributed by atoms with Crippen LogP contribution in [0.4, 0.5) is 0 Å². The first-order valence-electron chi connectivity index (χ1n) is 6.85. The van der Waals surface area contributed by atoms with Crippen molar-refractivity contribution in [3.05, 3.63) is 48.3 Å². The predicted octanol–water partition coefficient (Wildman–Crippen LogP) is 0.439. The zero-order valence-corrected chi connectivity index (χ0v) is 13.5. The molecule has 0 saturated heterocycles. The summed E-state index contributed by atoms with van der Waals surface area (Å²) >= 11 is 0. The summed E-state index contributed by atoms with van der Waals surface area (Å²) in [5.41, 5.74) is 1.55. The highest BCUT2D eigenvalue weighted by atomic mass is 32.2. The molecule has 2 aromatic heterocycles. The van der Waals surface area contributed by atoms with Crippen molar-refractivity contribution in [1.29, 1.82) is 0 Å². The number of pyridine rings is 1. The first kappa shape index (κ1) is 16.0. The fraction of sp³-hybridized carbons (Fsp3) is 0.143. The number of benzene rings is 1. The third kappa shape index (κ3) is 3.39. The van der Waals surface area contributed by atoms with Gasteiger partial charge in [-0.1, -0.05) is 0 Å². The van der Waals surface area contributed by atoms with Crippen LogP contribution in [-0.2, 0) is 16.6 Å². The maximum Gasteiger partial charge on any atom is 0.241 e. The Bertz CT molecular complexity index is 956. The molecule has 0 aliphatic carbocycles. The quantitative estimate of drug-likeness (QED) is 0.710. The van der Waals surface area contributed by atoms with Crippen molar-refractivity contribution < 1.29 is 13.2 Å². The summed E-state index contributed by atoms with van der Waals surface area (Å²) in [6.07, 6.45) is 3.37. The summed E-state index contributed by atoms with van der Waals surface area (Å²) in [4.78, 5) is 5.28. The first-order valence-corrected chi connectivity index (χ1v) is 8.40. The third-order valence-electron chi connectivity index (χ3n) is 3.25. The molecule has 9 nitrogen and oxygen atoms in total. The summed E-state index contributed by atoms with van der Waals surface area (Å²) in [6, 6.07) is 8.12. The van der Waals surface area contributed by atoms with Gasteiger partial charge in [0, 0.05) is 18.0 Å². The second kappa shape index (κ2) is 6.34. The highest BCUT2D eigenvalue weighted by Gasteiger charge is 2.17. The van der Waals surface area contributed by atoms with Crippen molar-refractivity contribution in [3.63, 3.8) is 0 Å². The monoisotopic (exact) mass is 346 g/mol. The van der Waals surface area contributed by atoms with E-state index in [0.29, 0.717) is 17.9 Å². The lowest BCUT2D eigenvalue weighted by Gasteiger charge is -2.07. The summed E-state index contributed by atoms with van der Waals surface area (Å²) < 4.78 is 28.1. The van der Waals surface area contributed by atoms with Gasteiger partial charge in [0.1, 0.15) is 10.6 Å².